The zero-order chi connectivity index (χ0) is 31.0. The van der Waals surface area contributed by atoms with E-state index in [1.54, 1.807) is 0 Å². The van der Waals surface area contributed by atoms with Crippen LogP contribution >= 0.6 is 0 Å². The van der Waals surface area contributed by atoms with Crippen LogP contribution in [0, 0.1) is 5.92 Å². The van der Waals surface area contributed by atoms with Gasteiger partial charge in [-0.25, -0.2) is 0 Å². The molecule has 2 aliphatic rings. The summed E-state index contributed by atoms with van der Waals surface area (Å²) in [4.78, 5) is 40.6. The number of piperidine rings is 1. The van der Waals surface area contributed by atoms with E-state index in [0.717, 1.165) is 89.2 Å². The van der Waals surface area contributed by atoms with Crippen molar-refractivity contribution in [3.8, 4) is 0 Å². The molecule has 2 aromatic rings. The molecular weight excluding hydrogens is 542 g/mol. The van der Waals surface area contributed by atoms with Crippen molar-refractivity contribution in [3.63, 3.8) is 0 Å². The highest BCUT2D eigenvalue weighted by Gasteiger charge is 2.20. The van der Waals surface area contributed by atoms with Gasteiger partial charge in [-0.1, -0.05) is 24.3 Å². The lowest BCUT2D eigenvalue weighted by atomic mass is 10.0. The van der Waals surface area contributed by atoms with Crippen LogP contribution in [-0.4, -0.2) is 114 Å². The molecule has 4 rings (SSSR count). The fourth-order valence-electron chi connectivity index (χ4n) is 5.78. The second-order valence-corrected chi connectivity index (χ2v) is 12.0. The summed E-state index contributed by atoms with van der Waals surface area (Å²) < 4.78 is 5.99. The molecule has 9 nitrogen and oxygen atoms in total. The van der Waals surface area contributed by atoms with Gasteiger partial charge in [0.05, 0.1) is 19.3 Å². The number of aldehydes is 2. The van der Waals surface area contributed by atoms with Crippen molar-refractivity contribution >= 4 is 25.0 Å². The Morgan fingerprint density at radius 1 is 1.02 bits per heavy atom. The summed E-state index contributed by atoms with van der Waals surface area (Å²) in [6.07, 6.45) is 5.22. The predicted octanol–water partition coefficient (Wildman–Crippen LogP) is 3.10. The van der Waals surface area contributed by atoms with E-state index in [-0.39, 0.29) is 6.04 Å². The van der Waals surface area contributed by atoms with Crippen LogP contribution in [0.5, 0.6) is 0 Å². The number of ether oxygens (including phenoxy) is 1. The van der Waals surface area contributed by atoms with E-state index >= 15 is 0 Å². The van der Waals surface area contributed by atoms with Gasteiger partial charge < -0.3 is 29.4 Å². The minimum atomic E-state index is -0.176. The number of hydrogen-bond donors (Lipinski definition) is 1. The topological polar surface area (TPSA) is 85.4 Å². The summed E-state index contributed by atoms with van der Waals surface area (Å²) in [5.74, 6) is 0.644. The second kappa shape index (κ2) is 18.7. The Balaban J connectivity index is 0.00000248. The van der Waals surface area contributed by atoms with Gasteiger partial charge in [0.1, 0.15) is 19.4 Å². The molecule has 0 bridgehead atoms. The Morgan fingerprint density at radius 3 is 2.37 bits per heavy atom. The Morgan fingerprint density at radius 2 is 1.74 bits per heavy atom. The largest absolute Gasteiger partial charge is 0.376 e. The SMILES string of the molecule is C=O.CN(C)CCC(C=O)N(C)Cc1cc(N2CCN(Cc3ccc(COCC4CCCNC4)cc3)CC2)ccc1C=O. The first-order valence-electron chi connectivity index (χ1n) is 15.5. The molecule has 1 N–H and O–H groups in total. The van der Waals surface area contributed by atoms with Crippen LogP contribution in [0.2, 0.25) is 0 Å². The summed E-state index contributed by atoms with van der Waals surface area (Å²) in [6, 6.07) is 14.8. The van der Waals surface area contributed by atoms with Crippen LogP contribution in [0.4, 0.5) is 5.69 Å². The fraction of sp³-hybridized carbons (Fsp3) is 0.559. The summed E-state index contributed by atoms with van der Waals surface area (Å²) >= 11 is 0. The van der Waals surface area contributed by atoms with Gasteiger partial charge in [-0.2, -0.15) is 0 Å². The van der Waals surface area contributed by atoms with Gasteiger partial charge >= 0.3 is 0 Å². The minimum Gasteiger partial charge on any atom is -0.376 e. The Kier molecular flexibility index (Phi) is 15.0. The molecule has 236 valence electrons. The fourth-order valence-corrected chi connectivity index (χ4v) is 5.78. The number of rotatable bonds is 15. The van der Waals surface area contributed by atoms with E-state index in [2.05, 4.69) is 56.4 Å². The van der Waals surface area contributed by atoms with Gasteiger partial charge in [0.2, 0.25) is 0 Å². The molecule has 9 heteroatoms. The number of likely N-dealkylation sites (N-methyl/N-ethyl adjacent to an activating group) is 1. The van der Waals surface area contributed by atoms with Crippen molar-refractivity contribution in [1.29, 1.82) is 0 Å². The maximum Gasteiger partial charge on any atom is 0.150 e. The molecule has 43 heavy (non-hydrogen) atoms. The molecule has 2 saturated heterocycles. The first-order valence-corrected chi connectivity index (χ1v) is 15.5. The highest BCUT2D eigenvalue weighted by Crippen LogP contribution is 2.23. The van der Waals surface area contributed by atoms with Crippen molar-refractivity contribution < 1.29 is 19.1 Å². The van der Waals surface area contributed by atoms with Gasteiger partial charge in [0.25, 0.3) is 0 Å². The van der Waals surface area contributed by atoms with Crippen molar-refractivity contribution in [2.75, 3.05) is 78.5 Å². The Bertz CT molecular complexity index is 1100. The van der Waals surface area contributed by atoms with Gasteiger partial charge in [-0.15, -0.1) is 0 Å². The molecule has 0 radical (unpaired) electrons. The van der Waals surface area contributed by atoms with Crippen LogP contribution in [0.25, 0.3) is 0 Å². The van der Waals surface area contributed by atoms with Crippen LogP contribution in [0.3, 0.4) is 0 Å². The molecular formula is C34H51N5O4. The molecule has 2 unspecified atom stereocenters. The first-order chi connectivity index (χ1) is 20.9. The van der Waals surface area contributed by atoms with Gasteiger partial charge in [-0.05, 0) is 94.3 Å². The highest BCUT2D eigenvalue weighted by atomic mass is 16.5. The van der Waals surface area contributed by atoms with Crippen molar-refractivity contribution in [2.24, 2.45) is 5.92 Å². The summed E-state index contributed by atoms with van der Waals surface area (Å²) in [7, 11) is 5.99. The van der Waals surface area contributed by atoms with Crippen LogP contribution in [-0.2, 0) is 34.0 Å². The van der Waals surface area contributed by atoms with Gasteiger partial charge in [0, 0.05) is 57.1 Å². The number of nitrogens with zero attached hydrogens (tertiary/aromatic N) is 4. The quantitative estimate of drug-likeness (QED) is 0.313. The number of hydrogen-bond acceptors (Lipinski definition) is 9. The third-order valence-corrected chi connectivity index (χ3v) is 8.46. The Labute approximate surface area is 258 Å². The summed E-state index contributed by atoms with van der Waals surface area (Å²) in [5.41, 5.74) is 5.37. The molecule has 2 fully saturated rings. The number of nitrogens with one attached hydrogen (secondary N) is 1. The van der Waals surface area contributed by atoms with E-state index in [4.69, 9.17) is 9.53 Å². The third-order valence-electron chi connectivity index (χ3n) is 8.46. The summed E-state index contributed by atoms with van der Waals surface area (Å²) in [6.45, 7) is 12.0. The molecule has 0 spiro atoms. The lowest BCUT2D eigenvalue weighted by Crippen LogP contribution is -2.46. The average molecular weight is 594 g/mol. The smallest absolute Gasteiger partial charge is 0.150 e. The van der Waals surface area contributed by atoms with Gasteiger partial charge in [-0.3, -0.25) is 14.6 Å². The third kappa shape index (κ3) is 11.2. The molecule has 0 aromatic heterocycles. The number of piperazine rings is 1. The van der Waals surface area contributed by atoms with Crippen LogP contribution < -0.4 is 10.2 Å². The molecule has 2 aromatic carbocycles. The number of anilines is 1. The standard InChI is InChI=1S/C33H49N5O3.CH2O/c1-35(2)14-12-33(24-40)36(3)22-31-19-32(11-10-30(31)23-39)38-17-15-37(16-18-38)21-27-6-8-28(9-7-27)25-41-26-29-5-4-13-34-20-29;1-2/h6-11,19,23-24,29,33-34H,4-5,12-18,20-22,25-26H2,1-3H3;1H2. The van der Waals surface area contributed by atoms with E-state index < -0.39 is 0 Å². The predicted molar refractivity (Wildman–Crippen MR) is 173 cm³/mol. The number of carbonyl (C=O) groups is 3. The highest BCUT2D eigenvalue weighted by molar-refractivity contribution is 5.78. The summed E-state index contributed by atoms with van der Waals surface area (Å²) in [5, 5.41) is 3.45. The lowest BCUT2D eigenvalue weighted by Gasteiger charge is -2.36. The van der Waals surface area contributed by atoms with Crippen LogP contribution in [0.1, 0.15) is 46.3 Å². The lowest BCUT2D eigenvalue weighted by molar-refractivity contribution is -0.112. The van der Waals surface area contributed by atoms with Crippen molar-refractivity contribution in [3.05, 3.63) is 64.7 Å². The van der Waals surface area contributed by atoms with Crippen molar-refractivity contribution in [1.82, 2.24) is 20.0 Å². The van der Waals surface area contributed by atoms with E-state index in [0.29, 0.717) is 24.6 Å². The maximum atomic E-state index is 11.8. The molecule has 2 heterocycles. The normalized spacial score (nSPS) is 18.3. The van der Waals surface area contributed by atoms with Crippen LogP contribution in [0.15, 0.2) is 42.5 Å². The maximum absolute atomic E-state index is 11.8. The number of benzene rings is 2. The van der Waals surface area contributed by atoms with Gasteiger partial charge in [0.15, 0.2) is 0 Å². The zero-order valence-corrected chi connectivity index (χ0v) is 26.4. The first kappa shape index (κ1) is 34.5. The molecule has 2 aliphatic heterocycles. The van der Waals surface area contributed by atoms with E-state index in [9.17, 15) is 9.59 Å². The second-order valence-electron chi connectivity index (χ2n) is 12.0. The van der Waals surface area contributed by atoms with Crippen molar-refractivity contribution in [2.45, 2.75) is 45.0 Å². The minimum absolute atomic E-state index is 0.176. The number of carbonyl (C=O) groups excluding carboxylic acids is 3. The average Bonchev–Trinajstić information content (AvgIpc) is 3.04. The molecule has 2 atom stereocenters. The van der Waals surface area contributed by atoms with E-state index in [1.807, 2.05) is 38.9 Å². The molecule has 0 aliphatic carbocycles. The monoisotopic (exact) mass is 593 g/mol. The Hall–Kier alpha value is -2.95. The molecule has 0 amide bonds. The van der Waals surface area contributed by atoms with E-state index in [1.165, 1.54) is 24.0 Å². The zero-order valence-electron chi connectivity index (χ0n) is 26.4. The molecule has 0 saturated carbocycles.